The molecule has 0 radical (unpaired) electrons. The lowest BCUT2D eigenvalue weighted by Gasteiger charge is -2.31. The molecule has 2 heterocycles. The van der Waals surface area contributed by atoms with Gasteiger partial charge in [-0.05, 0) is 55.8 Å². The minimum atomic E-state index is 0.539. The second-order valence-corrected chi connectivity index (χ2v) is 7.02. The van der Waals surface area contributed by atoms with Crippen LogP contribution in [0.1, 0.15) is 50.8 Å². The van der Waals surface area contributed by atoms with E-state index in [2.05, 4.69) is 62.2 Å². The zero-order valence-electron chi connectivity index (χ0n) is 13.3. The van der Waals surface area contributed by atoms with Gasteiger partial charge < -0.3 is 5.32 Å². The zero-order chi connectivity index (χ0) is 14.3. The van der Waals surface area contributed by atoms with Crippen molar-refractivity contribution in [2.24, 2.45) is 11.8 Å². The highest BCUT2D eigenvalue weighted by Gasteiger charge is 2.43. The molecule has 0 aliphatic carbocycles. The molecule has 2 fully saturated rings. The number of nitrogens with one attached hydrogen (secondary N) is 1. The lowest BCUT2D eigenvalue weighted by molar-refractivity contribution is 0.182. The molecular formula is C18H28N2. The first-order chi connectivity index (χ1) is 9.58. The van der Waals surface area contributed by atoms with Crippen LogP contribution in [0, 0.1) is 11.8 Å². The van der Waals surface area contributed by atoms with E-state index in [0.717, 1.165) is 11.8 Å². The van der Waals surface area contributed by atoms with Gasteiger partial charge in [0, 0.05) is 18.6 Å². The Balaban J connectivity index is 1.74. The third-order valence-electron chi connectivity index (χ3n) is 5.56. The molecule has 2 saturated heterocycles. The van der Waals surface area contributed by atoms with Gasteiger partial charge in [-0.3, -0.25) is 4.90 Å². The quantitative estimate of drug-likeness (QED) is 0.907. The highest BCUT2D eigenvalue weighted by molar-refractivity contribution is 5.27. The van der Waals surface area contributed by atoms with E-state index in [9.17, 15) is 0 Å². The Kier molecular flexibility index (Phi) is 3.87. The fraction of sp³-hybridized carbons (Fsp3) is 0.667. The van der Waals surface area contributed by atoms with E-state index in [1.54, 1.807) is 0 Å². The summed E-state index contributed by atoms with van der Waals surface area (Å²) in [6.07, 6.45) is 0. The number of rotatable bonds is 3. The summed E-state index contributed by atoms with van der Waals surface area (Å²) in [7, 11) is 0. The summed E-state index contributed by atoms with van der Waals surface area (Å²) in [5.74, 6) is 2.34. The molecule has 2 aliphatic heterocycles. The molecule has 0 aromatic heterocycles. The smallest absolute Gasteiger partial charge is 0.0322 e. The van der Waals surface area contributed by atoms with Gasteiger partial charge in [0.1, 0.15) is 0 Å². The van der Waals surface area contributed by atoms with Crippen LogP contribution in [0.5, 0.6) is 0 Å². The van der Waals surface area contributed by atoms with Crippen LogP contribution in [0.25, 0.3) is 0 Å². The van der Waals surface area contributed by atoms with Crippen molar-refractivity contribution < 1.29 is 0 Å². The fourth-order valence-corrected chi connectivity index (χ4v) is 4.06. The molecule has 3 rings (SSSR count). The Hall–Kier alpha value is -0.860. The van der Waals surface area contributed by atoms with Crippen molar-refractivity contribution in [2.45, 2.75) is 45.7 Å². The zero-order valence-corrected chi connectivity index (χ0v) is 13.3. The van der Waals surface area contributed by atoms with E-state index < -0.39 is 0 Å². The van der Waals surface area contributed by atoms with Gasteiger partial charge in [-0.1, -0.05) is 38.1 Å². The average Bonchev–Trinajstić information content (AvgIpc) is 3.02. The van der Waals surface area contributed by atoms with Crippen molar-refractivity contribution in [3.8, 4) is 0 Å². The van der Waals surface area contributed by atoms with Crippen molar-refractivity contribution in [2.75, 3.05) is 19.6 Å². The molecule has 1 aromatic carbocycles. The monoisotopic (exact) mass is 272 g/mol. The molecule has 0 amide bonds. The van der Waals surface area contributed by atoms with E-state index in [4.69, 9.17) is 0 Å². The minimum Gasteiger partial charge on any atom is -0.316 e. The molecule has 2 heteroatoms. The van der Waals surface area contributed by atoms with Gasteiger partial charge >= 0.3 is 0 Å². The van der Waals surface area contributed by atoms with Gasteiger partial charge in [-0.25, -0.2) is 0 Å². The van der Waals surface area contributed by atoms with E-state index in [0.29, 0.717) is 18.0 Å². The van der Waals surface area contributed by atoms with Crippen molar-refractivity contribution >= 4 is 0 Å². The van der Waals surface area contributed by atoms with Gasteiger partial charge in [0.2, 0.25) is 0 Å². The van der Waals surface area contributed by atoms with E-state index >= 15 is 0 Å². The molecule has 4 unspecified atom stereocenters. The standard InChI is InChI=1S/C18H28N2/c1-12(2)15-5-7-16(8-6-15)13(3)20-11-17-9-19-10-18(17)14(20)4/h5-8,12-14,17-19H,9-11H2,1-4H3. The van der Waals surface area contributed by atoms with E-state index in [-0.39, 0.29) is 0 Å². The highest BCUT2D eigenvalue weighted by Crippen LogP contribution is 2.37. The van der Waals surface area contributed by atoms with Crippen molar-refractivity contribution in [1.29, 1.82) is 0 Å². The Labute approximate surface area is 123 Å². The largest absolute Gasteiger partial charge is 0.316 e. The van der Waals surface area contributed by atoms with Crippen LogP contribution in [0.4, 0.5) is 0 Å². The third kappa shape index (κ3) is 2.40. The molecule has 1 N–H and O–H groups in total. The first-order valence-corrected chi connectivity index (χ1v) is 8.14. The number of benzene rings is 1. The first kappa shape index (κ1) is 14.1. The van der Waals surface area contributed by atoms with Crippen LogP contribution in [0.15, 0.2) is 24.3 Å². The third-order valence-corrected chi connectivity index (χ3v) is 5.56. The van der Waals surface area contributed by atoms with E-state index in [1.165, 1.54) is 30.8 Å². The lowest BCUT2D eigenvalue weighted by atomic mass is 9.95. The normalized spacial score (nSPS) is 31.8. The molecule has 4 atom stereocenters. The van der Waals surface area contributed by atoms with Crippen LogP contribution in [-0.4, -0.2) is 30.6 Å². The summed E-state index contributed by atoms with van der Waals surface area (Å²) in [4.78, 5) is 2.71. The van der Waals surface area contributed by atoms with Gasteiger partial charge in [0.25, 0.3) is 0 Å². The van der Waals surface area contributed by atoms with Crippen molar-refractivity contribution in [3.05, 3.63) is 35.4 Å². The molecule has 0 bridgehead atoms. The van der Waals surface area contributed by atoms with Crippen molar-refractivity contribution in [3.63, 3.8) is 0 Å². The second kappa shape index (κ2) is 5.50. The highest BCUT2D eigenvalue weighted by atomic mass is 15.2. The van der Waals surface area contributed by atoms with Gasteiger partial charge in [0.05, 0.1) is 0 Å². The second-order valence-electron chi connectivity index (χ2n) is 7.02. The molecular weight excluding hydrogens is 244 g/mol. The summed E-state index contributed by atoms with van der Waals surface area (Å²) in [6.45, 7) is 13.0. The Morgan fingerprint density at radius 2 is 1.70 bits per heavy atom. The molecule has 0 saturated carbocycles. The van der Waals surface area contributed by atoms with E-state index in [1.807, 2.05) is 0 Å². The maximum atomic E-state index is 3.55. The number of fused-ring (bicyclic) bond motifs is 1. The molecule has 20 heavy (non-hydrogen) atoms. The molecule has 2 nitrogen and oxygen atoms in total. The van der Waals surface area contributed by atoms with Crippen LogP contribution in [-0.2, 0) is 0 Å². The minimum absolute atomic E-state index is 0.539. The number of hydrogen-bond donors (Lipinski definition) is 1. The Bertz CT molecular complexity index is 451. The number of hydrogen-bond acceptors (Lipinski definition) is 2. The summed E-state index contributed by atoms with van der Waals surface area (Å²) in [6, 6.07) is 10.5. The Morgan fingerprint density at radius 1 is 1.05 bits per heavy atom. The van der Waals surface area contributed by atoms with Crippen LogP contribution < -0.4 is 5.32 Å². The molecule has 1 aromatic rings. The number of likely N-dealkylation sites (tertiary alicyclic amines) is 1. The van der Waals surface area contributed by atoms with Crippen LogP contribution in [0.3, 0.4) is 0 Å². The lowest BCUT2D eigenvalue weighted by Crippen LogP contribution is -2.35. The number of nitrogens with zero attached hydrogens (tertiary/aromatic N) is 1. The first-order valence-electron chi connectivity index (χ1n) is 8.14. The predicted molar refractivity (Wildman–Crippen MR) is 85.0 cm³/mol. The molecule has 2 aliphatic rings. The van der Waals surface area contributed by atoms with Gasteiger partial charge in [-0.2, -0.15) is 0 Å². The van der Waals surface area contributed by atoms with Crippen molar-refractivity contribution in [1.82, 2.24) is 10.2 Å². The van der Waals surface area contributed by atoms with Crippen LogP contribution >= 0.6 is 0 Å². The SMILES string of the molecule is CC(C)c1ccc(C(C)N2CC3CNCC3C2C)cc1. The van der Waals surface area contributed by atoms with Gasteiger partial charge in [0.15, 0.2) is 0 Å². The fourth-order valence-electron chi connectivity index (χ4n) is 4.06. The summed E-state index contributed by atoms with van der Waals surface area (Å²) >= 11 is 0. The predicted octanol–water partition coefficient (Wildman–Crippen LogP) is 3.41. The summed E-state index contributed by atoms with van der Waals surface area (Å²) < 4.78 is 0. The van der Waals surface area contributed by atoms with Crippen LogP contribution in [0.2, 0.25) is 0 Å². The Morgan fingerprint density at radius 3 is 2.30 bits per heavy atom. The summed E-state index contributed by atoms with van der Waals surface area (Å²) in [5, 5.41) is 3.55. The average molecular weight is 272 g/mol. The molecule has 110 valence electrons. The summed E-state index contributed by atoms with van der Waals surface area (Å²) in [5.41, 5.74) is 2.91. The van der Waals surface area contributed by atoms with Gasteiger partial charge in [-0.15, -0.1) is 0 Å². The topological polar surface area (TPSA) is 15.3 Å². The molecule has 0 spiro atoms. The maximum absolute atomic E-state index is 3.55. The maximum Gasteiger partial charge on any atom is 0.0322 e.